The van der Waals surface area contributed by atoms with Crippen LogP contribution < -0.4 is 0 Å². The Balaban J connectivity index is 1.95. The van der Waals surface area contributed by atoms with Crippen LogP contribution in [0.1, 0.15) is 31.2 Å². The number of halogens is 1. The molecule has 14 heavy (non-hydrogen) atoms. The van der Waals surface area contributed by atoms with Gasteiger partial charge in [0.1, 0.15) is 0 Å². The largest absolute Gasteiger partial charge is 0.0843 e. The zero-order valence-electron chi connectivity index (χ0n) is 8.17. The van der Waals surface area contributed by atoms with Crippen LogP contribution in [0.5, 0.6) is 0 Å². The van der Waals surface area contributed by atoms with E-state index in [9.17, 15) is 0 Å². The first-order valence-electron chi connectivity index (χ1n) is 5.42. The van der Waals surface area contributed by atoms with Crippen LogP contribution in [0.25, 0.3) is 0 Å². The molecule has 0 bridgehead atoms. The Labute approximate surface area is 90.3 Å². The molecule has 2 aliphatic carbocycles. The summed E-state index contributed by atoms with van der Waals surface area (Å²) in [6.07, 6.45) is 7.98. The van der Waals surface area contributed by atoms with Gasteiger partial charge in [0, 0.05) is 10.4 Å². The van der Waals surface area contributed by atoms with Gasteiger partial charge in [-0.1, -0.05) is 23.7 Å². The van der Waals surface area contributed by atoms with Crippen molar-refractivity contribution in [3.05, 3.63) is 41.3 Å². The predicted molar refractivity (Wildman–Crippen MR) is 59.4 cm³/mol. The van der Waals surface area contributed by atoms with Gasteiger partial charge >= 0.3 is 0 Å². The molecule has 1 unspecified atom stereocenters. The van der Waals surface area contributed by atoms with Crippen molar-refractivity contribution in [2.24, 2.45) is 5.92 Å². The summed E-state index contributed by atoms with van der Waals surface area (Å²) in [6, 6.07) is 8.45. The van der Waals surface area contributed by atoms with Crippen molar-refractivity contribution < 1.29 is 0 Å². The standard InChI is InChI=1S/C13H14Cl/c14-12-6-4-11(5-7-12)13(8-1-9-13)10-2-3-10/h4-8,10H,1-3,9H2. The molecule has 0 heterocycles. The lowest BCUT2D eigenvalue weighted by Crippen LogP contribution is -2.37. The van der Waals surface area contributed by atoms with Crippen molar-refractivity contribution in [2.45, 2.75) is 31.1 Å². The fraction of sp³-hybridized carbons (Fsp3) is 0.462. The summed E-state index contributed by atoms with van der Waals surface area (Å²) in [5.74, 6) is 0.928. The second-order valence-electron chi connectivity index (χ2n) is 4.56. The van der Waals surface area contributed by atoms with E-state index >= 15 is 0 Å². The molecule has 1 atom stereocenters. The minimum absolute atomic E-state index is 0.435. The molecule has 2 aliphatic rings. The van der Waals surface area contributed by atoms with Gasteiger partial charge in [-0.05, 0) is 55.7 Å². The fourth-order valence-corrected chi connectivity index (χ4v) is 2.81. The molecule has 2 saturated carbocycles. The van der Waals surface area contributed by atoms with Gasteiger partial charge in [0.2, 0.25) is 0 Å². The molecule has 0 nitrogen and oxygen atoms in total. The van der Waals surface area contributed by atoms with Gasteiger partial charge in [-0.3, -0.25) is 0 Å². The first-order chi connectivity index (χ1) is 6.81. The Bertz CT molecular complexity index is 331. The lowest BCUT2D eigenvalue weighted by Gasteiger charge is -2.43. The maximum Gasteiger partial charge on any atom is 0.0406 e. The highest BCUT2D eigenvalue weighted by Crippen LogP contribution is 2.57. The zero-order chi connectivity index (χ0) is 9.60. The molecule has 0 aromatic heterocycles. The third-order valence-electron chi connectivity index (χ3n) is 3.75. The summed E-state index contributed by atoms with van der Waals surface area (Å²) in [4.78, 5) is 0. The SMILES string of the molecule is Clc1ccc(C2(C3CC3)[CH]CC2)cc1. The van der Waals surface area contributed by atoms with Crippen LogP contribution in [-0.4, -0.2) is 0 Å². The average Bonchev–Trinajstić information content (AvgIpc) is 2.90. The Hall–Kier alpha value is -0.490. The van der Waals surface area contributed by atoms with Crippen LogP contribution in [0.4, 0.5) is 0 Å². The van der Waals surface area contributed by atoms with Crippen LogP contribution in [0, 0.1) is 12.3 Å². The third-order valence-corrected chi connectivity index (χ3v) is 4.01. The highest BCUT2D eigenvalue weighted by Gasteiger charge is 2.50. The molecule has 0 amide bonds. The van der Waals surface area contributed by atoms with Crippen LogP contribution in [0.3, 0.4) is 0 Å². The topological polar surface area (TPSA) is 0 Å². The summed E-state index contributed by atoms with van der Waals surface area (Å²) in [5, 5.41) is 0.846. The van der Waals surface area contributed by atoms with E-state index < -0.39 is 0 Å². The average molecular weight is 206 g/mol. The van der Waals surface area contributed by atoms with E-state index in [-0.39, 0.29) is 0 Å². The zero-order valence-corrected chi connectivity index (χ0v) is 8.93. The maximum atomic E-state index is 5.91. The summed E-state index contributed by atoms with van der Waals surface area (Å²) in [7, 11) is 0. The smallest absolute Gasteiger partial charge is 0.0406 e. The summed E-state index contributed by atoms with van der Waals surface area (Å²) in [5.41, 5.74) is 1.92. The number of rotatable bonds is 2. The van der Waals surface area contributed by atoms with E-state index in [4.69, 9.17) is 11.6 Å². The van der Waals surface area contributed by atoms with Crippen molar-refractivity contribution in [2.75, 3.05) is 0 Å². The van der Waals surface area contributed by atoms with Crippen molar-refractivity contribution in [1.82, 2.24) is 0 Å². The third kappa shape index (κ3) is 1.20. The lowest BCUT2D eigenvalue weighted by atomic mass is 9.61. The highest BCUT2D eigenvalue weighted by molar-refractivity contribution is 6.30. The first-order valence-corrected chi connectivity index (χ1v) is 5.79. The van der Waals surface area contributed by atoms with E-state index in [0.717, 1.165) is 10.9 Å². The maximum absolute atomic E-state index is 5.91. The van der Waals surface area contributed by atoms with Gasteiger partial charge in [0.25, 0.3) is 0 Å². The van der Waals surface area contributed by atoms with E-state index in [2.05, 4.69) is 18.6 Å². The van der Waals surface area contributed by atoms with Crippen molar-refractivity contribution in [3.63, 3.8) is 0 Å². The molecule has 0 N–H and O–H groups in total. The van der Waals surface area contributed by atoms with E-state index in [1.165, 1.54) is 31.2 Å². The van der Waals surface area contributed by atoms with Gasteiger partial charge in [-0.25, -0.2) is 0 Å². The Kier molecular flexibility index (Phi) is 1.88. The molecule has 0 saturated heterocycles. The van der Waals surface area contributed by atoms with Gasteiger partial charge < -0.3 is 0 Å². The van der Waals surface area contributed by atoms with E-state index in [1.807, 2.05) is 12.1 Å². The van der Waals surface area contributed by atoms with E-state index in [0.29, 0.717) is 5.41 Å². The number of hydrogen-bond donors (Lipinski definition) is 0. The second-order valence-corrected chi connectivity index (χ2v) is 5.00. The van der Waals surface area contributed by atoms with Crippen LogP contribution in [-0.2, 0) is 5.41 Å². The molecule has 1 aromatic rings. The monoisotopic (exact) mass is 205 g/mol. The summed E-state index contributed by atoms with van der Waals surface area (Å²) in [6.45, 7) is 0. The Morgan fingerprint density at radius 2 is 1.79 bits per heavy atom. The molecular weight excluding hydrogens is 192 g/mol. The van der Waals surface area contributed by atoms with Gasteiger partial charge in [0.05, 0.1) is 0 Å². The Morgan fingerprint density at radius 3 is 2.21 bits per heavy atom. The summed E-state index contributed by atoms with van der Waals surface area (Å²) < 4.78 is 0. The normalized spacial score (nSPS) is 24.4. The van der Waals surface area contributed by atoms with Crippen molar-refractivity contribution >= 4 is 11.6 Å². The number of benzene rings is 1. The first kappa shape index (κ1) is 8.79. The molecule has 0 spiro atoms. The molecule has 0 aliphatic heterocycles. The van der Waals surface area contributed by atoms with Gasteiger partial charge in [-0.2, -0.15) is 0 Å². The minimum Gasteiger partial charge on any atom is -0.0843 e. The molecule has 3 rings (SSSR count). The molecule has 1 radical (unpaired) electrons. The molecule has 73 valence electrons. The van der Waals surface area contributed by atoms with Gasteiger partial charge in [0.15, 0.2) is 0 Å². The number of hydrogen-bond acceptors (Lipinski definition) is 0. The molecule has 1 heteroatoms. The molecular formula is C13H14Cl. The molecule has 1 aromatic carbocycles. The predicted octanol–water partition coefficient (Wildman–Crippen LogP) is 3.99. The molecule has 2 fully saturated rings. The van der Waals surface area contributed by atoms with E-state index in [1.54, 1.807) is 0 Å². The lowest BCUT2D eigenvalue weighted by molar-refractivity contribution is 0.304. The van der Waals surface area contributed by atoms with Gasteiger partial charge in [-0.15, -0.1) is 0 Å². The van der Waals surface area contributed by atoms with Crippen LogP contribution in [0.2, 0.25) is 5.02 Å². The summed E-state index contributed by atoms with van der Waals surface area (Å²) >= 11 is 5.91. The van der Waals surface area contributed by atoms with Crippen molar-refractivity contribution in [3.8, 4) is 0 Å². The van der Waals surface area contributed by atoms with Crippen LogP contribution in [0.15, 0.2) is 24.3 Å². The fourth-order valence-electron chi connectivity index (χ4n) is 2.68. The Morgan fingerprint density at radius 1 is 1.14 bits per heavy atom. The van der Waals surface area contributed by atoms with Crippen molar-refractivity contribution in [1.29, 1.82) is 0 Å². The highest BCUT2D eigenvalue weighted by atomic mass is 35.5. The van der Waals surface area contributed by atoms with Crippen LogP contribution >= 0.6 is 11.6 Å². The quantitative estimate of drug-likeness (QED) is 0.685. The second kappa shape index (κ2) is 3.00. The minimum atomic E-state index is 0.435.